The molecule has 1 aliphatic carbocycles. The third kappa shape index (κ3) is 3.08. The third-order valence-corrected chi connectivity index (χ3v) is 6.29. The highest BCUT2D eigenvalue weighted by Crippen LogP contribution is 2.39. The predicted octanol–water partition coefficient (Wildman–Crippen LogP) is 1.67. The van der Waals surface area contributed by atoms with Crippen LogP contribution in [0.25, 0.3) is 5.69 Å². The maximum atomic E-state index is 12.7. The van der Waals surface area contributed by atoms with Crippen LogP contribution in [-0.2, 0) is 9.84 Å². The summed E-state index contributed by atoms with van der Waals surface area (Å²) in [6.07, 6.45) is 2.69. The Hall–Kier alpha value is -2.15. The highest BCUT2D eigenvalue weighted by atomic mass is 32.2. The van der Waals surface area contributed by atoms with E-state index in [1.807, 2.05) is 36.4 Å². The Morgan fingerprint density at radius 2 is 1.92 bits per heavy atom. The number of amides is 1. The smallest absolute Gasteiger partial charge is 0.270 e. The molecule has 0 bridgehead atoms. The molecule has 4 rings (SSSR count). The third-order valence-electron chi connectivity index (χ3n) is 4.52. The van der Waals surface area contributed by atoms with Gasteiger partial charge in [0.2, 0.25) is 0 Å². The molecule has 1 aromatic heterocycles. The minimum Gasteiger partial charge on any atom is -0.347 e. The van der Waals surface area contributed by atoms with E-state index in [0.29, 0.717) is 18.0 Å². The number of nitrogens with zero attached hydrogens (tertiary/aromatic N) is 2. The maximum absolute atomic E-state index is 12.7. The van der Waals surface area contributed by atoms with Crippen molar-refractivity contribution in [3.63, 3.8) is 0 Å². The Bertz CT molecular complexity index is 870. The molecule has 1 amide bonds. The lowest BCUT2D eigenvalue weighted by Gasteiger charge is -2.12. The standard InChI is InChI=1S/C17H19N3O3S/c21-17(18-13-8-9-24(22,23)11-13)16-10-15(12-6-7-12)19-20(16)14-4-2-1-3-5-14/h1-5,10,12-13H,6-9,11H2,(H,18,21)/t13-/m1/s1. The topological polar surface area (TPSA) is 81.1 Å². The first-order chi connectivity index (χ1) is 11.5. The van der Waals surface area contributed by atoms with E-state index in [2.05, 4.69) is 10.4 Å². The number of carbonyl (C=O) groups is 1. The van der Waals surface area contributed by atoms with Crippen LogP contribution in [0.3, 0.4) is 0 Å². The highest BCUT2D eigenvalue weighted by Gasteiger charge is 2.32. The first kappa shape index (κ1) is 15.4. The summed E-state index contributed by atoms with van der Waals surface area (Å²) >= 11 is 0. The number of aromatic nitrogens is 2. The van der Waals surface area contributed by atoms with E-state index in [9.17, 15) is 13.2 Å². The second-order valence-corrected chi connectivity index (χ2v) is 8.78. The van der Waals surface area contributed by atoms with E-state index in [1.165, 1.54) is 0 Å². The van der Waals surface area contributed by atoms with Crippen molar-refractivity contribution >= 4 is 15.7 Å². The summed E-state index contributed by atoms with van der Waals surface area (Å²) in [7, 11) is -3.02. The average molecular weight is 345 g/mol. The molecule has 2 aliphatic rings. The van der Waals surface area contributed by atoms with Crippen molar-refractivity contribution in [3.8, 4) is 5.69 Å². The van der Waals surface area contributed by atoms with Crippen LogP contribution in [0.4, 0.5) is 0 Å². The Kier molecular flexibility index (Phi) is 3.68. The van der Waals surface area contributed by atoms with Crippen molar-refractivity contribution < 1.29 is 13.2 Å². The minimum atomic E-state index is -3.02. The number of para-hydroxylation sites is 1. The first-order valence-electron chi connectivity index (χ1n) is 8.18. The van der Waals surface area contributed by atoms with Crippen molar-refractivity contribution in [3.05, 3.63) is 47.8 Å². The normalized spacial score (nSPS) is 22.4. The Morgan fingerprint density at radius 1 is 1.17 bits per heavy atom. The molecule has 1 atom stereocenters. The zero-order chi connectivity index (χ0) is 16.7. The minimum absolute atomic E-state index is 0.0215. The number of nitrogens with one attached hydrogen (secondary N) is 1. The summed E-state index contributed by atoms with van der Waals surface area (Å²) in [5, 5.41) is 7.46. The summed E-state index contributed by atoms with van der Waals surface area (Å²) in [4.78, 5) is 12.7. The molecule has 1 saturated heterocycles. The van der Waals surface area contributed by atoms with Crippen LogP contribution in [0.2, 0.25) is 0 Å². The largest absolute Gasteiger partial charge is 0.347 e. The summed E-state index contributed by atoms with van der Waals surface area (Å²) < 4.78 is 24.8. The van der Waals surface area contributed by atoms with E-state index in [4.69, 9.17) is 0 Å². The van der Waals surface area contributed by atoms with Crippen LogP contribution < -0.4 is 5.32 Å². The molecule has 1 saturated carbocycles. The molecule has 126 valence electrons. The highest BCUT2D eigenvalue weighted by molar-refractivity contribution is 7.91. The second-order valence-electron chi connectivity index (χ2n) is 6.55. The van der Waals surface area contributed by atoms with E-state index in [-0.39, 0.29) is 23.5 Å². The SMILES string of the molecule is O=C(N[C@@H]1CCS(=O)(=O)C1)c1cc(C2CC2)nn1-c1ccccc1. The van der Waals surface area contributed by atoms with Gasteiger partial charge in [-0.3, -0.25) is 4.79 Å². The van der Waals surface area contributed by atoms with Gasteiger partial charge in [0.05, 0.1) is 22.9 Å². The molecule has 1 aliphatic heterocycles. The zero-order valence-electron chi connectivity index (χ0n) is 13.2. The van der Waals surface area contributed by atoms with Gasteiger partial charge in [-0.05, 0) is 37.5 Å². The fourth-order valence-electron chi connectivity index (χ4n) is 3.07. The van der Waals surface area contributed by atoms with Crippen molar-refractivity contribution in [2.75, 3.05) is 11.5 Å². The molecule has 1 aromatic carbocycles. The lowest BCUT2D eigenvalue weighted by molar-refractivity contribution is 0.0933. The molecule has 2 heterocycles. The first-order valence-corrected chi connectivity index (χ1v) is 10.0. The van der Waals surface area contributed by atoms with Gasteiger partial charge in [0.15, 0.2) is 9.84 Å². The molecule has 6 nitrogen and oxygen atoms in total. The van der Waals surface area contributed by atoms with Crippen LogP contribution in [0.5, 0.6) is 0 Å². The summed E-state index contributed by atoms with van der Waals surface area (Å²) in [6, 6.07) is 11.0. The maximum Gasteiger partial charge on any atom is 0.270 e. The summed E-state index contributed by atoms with van der Waals surface area (Å²) in [5.74, 6) is 0.338. The number of benzene rings is 1. The van der Waals surface area contributed by atoms with Gasteiger partial charge in [0.1, 0.15) is 5.69 Å². The molecule has 1 N–H and O–H groups in total. The molecular formula is C17H19N3O3S. The molecule has 0 radical (unpaired) electrons. The van der Waals surface area contributed by atoms with Gasteiger partial charge in [0.25, 0.3) is 5.91 Å². The van der Waals surface area contributed by atoms with Gasteiger partial charge in [-0.15, -0.1) is 0 Å². The predicted molar refractivity (Wildman–Crippen MR) is 90.1 cm³/mol. The number of rotatable bonds is 4. The van der Waals surface area contributed by atoms with E-state index in [1.54, 1.807) is 4.68 Å². The van der Waals surface area contributed by atoms with Crippen molar-refractivity contribution in [2.24, 2.45) is 0 Å². The fraction of sp³-hybridized carbons (Fsp3) is 0.412. The summed E-state index contributed by atoms with van der Waals surface area (Å²) in [6.45, 7) is 0. The molecule has 2 fully saturated rings. The zero-order valence-corrected chi connectivity index (χ0v) is 14.0. The van der Waals surface area contributed by atoms with E-state index < -0.39 is 9.84 Å². The Labute approximate surface area is 140 Å². The van der Waals surface area contributed by atoms with Crippen LogP contribution in [-0.4, -0.2) is 41.7 Å². The quantitative estimate of drug-likeness (QED) is 0.914. The van der Waals surface area contributed by atoms with Crippen LogP contribution in [0.1, 0.15) is 41.4 Å². The van der Waals surface area contributed by atoms with Gasteiger partial charge in [-0.1, -0.05) is 18.2 Å². The molecule has 0 unspecified atom stereocenters. The van der Waals surface area contributed by atoms with Gasteiger partial charge in [-0.25, -0.2) is 13.1 Å². The lowest BCUT2D eigenvalue weighted by atomic mass is 10.2. The average Bonchev–Trinajstić information content (AvgIpc) is 3.22. The van der Waals surface area contributed by atoms with Gasteiger partial charge >= 0.3 is 0 Å². The van der Waals surface area contributed by atoms with Crippen LogP contribution >= 0.6 is 0 Å². The molecule has 0 spiro atoms. The lowest BCUT2D eigenvalue weighted by Crippen LogP contribution is -2.36. The second kappa shape index (κ2) is 5.73. The van der Waals surface area contributed by atoms with E-state index >= 15 is 0 Å². The molecular weight excluding hydrogens is 326 g/mol. The molecule has 7 heteroatoms. The Balaban J connectivity index is 1.62. The molecule has 2 aromatic rings. The monoisotopic (exact) mass is 345 g/mol. The Morgan fingerprint density at radius 3 is 2.54 bits per heavy atom. The van der Waals surface area contributed by atoms with Crippen LogP contribution in [0, 0.1) is 0 Å². The van der Waals surface area contributed by atoms with Crippen molar-refractivity contribution in [2.45, 2.75) is 31.2 Å². The number of sulfone groups is 1. The fourth-order valence-corrected chi connectivity index (χ4v) is 4.75. The van der Waals surface area contributed by atoms with E-state index in [0.717, 1.165) is 24.2 Å². The summed E-state index contributed by atoms with van der Waals surface area (Å²) in [5.41, 5.74) is 2.23. The van der Waals surface area contributed by atoms with Gasteiger partial charge < -0.3 is 5.32 Å². The number of hydrogen-bond acceptors (Lipinski definition) is 4. The van der Waals surface area contributed by atoms with Crippen molar-refractivity contribution in [1.82, 2.24) is 15.1 Å². The van der Waals surface area contributed by atoms with Crippen molar-refractivity contribution in [1.29, 1.82) is 0 Å². The van der Waals surface area contributed by atoms with Gasteiger partial charge in [-0.2, -0.15) is 5.10 Å². The number of hydrogen-bond donors (Lipinski definition) is 1. The molecule has 24 heavy (non-hydrogen) atoms. The van der Waals surface area contributed by atoms with Crippen LogP contribution in [0.15, 0.2) is 36.4 Å². The number of carbonyl (C=O) groups excluding carboxylic acids is 1. The van der Waals surface area contributed by atoms with Gasteiger partial charge in [0, 0.05) is 12.0 Å².